The number of ether oxygens (including phenoxy) is 1. The quantitative estimate of drug-likeness (QED) is 0.568. The summed E-state index contributed by atoms with van der Waals surface area (Å²) in [4.78, 5) is 4.54. The predicted octanol–water partition coefficient (Wildman–Crippen LogP) is 4.17. The number of nitrogens with one attached hydrogen (secondary N) is 1. The molecule has 1 unspecified atom stereocenters. The van der Waals surface area contributed by atoms with Gasteiger partial charge in [0.15, 0.2) is 5.96 Å². The molecule has 4 nitrogen and oxygen atoms in total. The molecule has 0 saturated heterocycles. The van der Waals surface area contributed by atoms with Crippen LogP contribution in [0, 0.1) is 5.41 Å². The molecule has 1 aliphatic rings. The van der Waals surface area contributed by atoms with Gasteiger partial charge in [0.05, 0.1) is 6.04 Å². The first kappa shape index (κ1) is 18.4. The fourth-order valence-electron chi connectivity index (χ4n) is 2.93. The van der Waals surface area contributed by atoms with Gasteiger partial charge in [-0.2, -0.15) is 0 Å². The van der Waals surface area contributed by atoms with Crippen molar-refractivity contribution in [1.29, 1.82) is 0 Å². The normalized spacial score (nSPS) is 18.3. The second-order valence-electron chi connectivity index (χ2n) is 6.33. The van der Waals surface area contributed by atoms with Crippen molar-refractivity contribution in [3.8, 4) is 0 Å². The van der Waals surface area contributed by atoms with E-state index in [2.05, 4.69) is 10.3 Å². The lowest BCUT2D eigenvalue weighted by molar-refractivity contribution is 0.0779. The molecule has 1 saturated carbocycles. The van der Waals surface area contributed by atoms with Crippen molar-refractivity contribution in [2.24, 2.45) is 16.1 Å². The summed E-state index contributed by atoms with van der Waals surface area (Å²) in [6.07, 6.45) is 4.71. The number of nitrogens with zero attached hydrogens (tertiary/aromatic N) is 1. The van der Waals surface area contributed by atoms with E-state index in [-0.39, 0.29) is 11.5 Å². The van der Waals surface area contributed by atoms with Crippen LogP contribution in [0.2, 0.25) is 10.0 Å². The predicted molar refractivity (Wildman–Crippen MR) is 97.3 cm³/mol. The molecular formula is C17H25Cl2N3O. The first-order valence-corrected chi connectivity index (χ1v) is 8.72. The Bertz CT molecular complexity index is 559. The van der Waals surface area contributed by atoms with E-state index in [1.54, 1.807) is 13.2 Å². The third-order valence-corrected chi connectivity index (χ3v) is 5.19. The van der Waals surface area contributed by atoms with Crippen molar-refractivity contribution in [2.75, 3.05) is 20.3 Å². The molecule has 0 heterocycles. The number of hydrogen-bond acceptors (Lipinski definition) is 2. The van der Waals surface area contributed by atoms with Crippen LogP contribution in [-0.4, -0.2) is 26.2 Å². The minimum absolute atomic E-state index is 0.0279. The SMILES string of the molecule is COCCC1(CN=C(N)NC(C)c2ccc(Cl)cc2Cl)CCC1. The number of guanidine groups is 1. The van der Waals surface area contributed by atoms with Crippen LogP contribution in [0.15, 0.2) is 23.2 Å². The Morgan fingerprint density at radius 3 is 2.74 bits per heavy atom. The van der Waals surface area contributed by atoms with Gasteiger partial charge in [0.1, 0.15) is 0 Å². The molecule has 0 radical (unpaired) electrons. The second-order valence-corrected chi connectivity index (χ2v) is 7.17. The lowest BCUT2D eigenvalue weighted by Crippen LogP contribution is -2.38. The molecule has 3 N–H and O–H groups in total. The summed E-state index contributed by atoms with van der Waals surface area (Å²) in [5, 5.41) is 4.45. The summed E-state index contributed by atoms with van der Waals surface area (Å²) in [5.41, 5.74) is 7.26. The van der Waals surface area contributed by atoms with Crippen molar-refractivity contribution in [3.05, 3.63) is 33.8 Å². The van der Waals surface area contributed by atoms with E-state index in [1.165, 1.54) is 19.3 Å². The molecule has 23 heavy (non-hydrogen) atoms. The lowest BCUT2D eigenvalue weighted by atomic mass is 9.67. The summed E-state index contributed by atoms with van der Waals surface area (Å²) in [5.74, 6) is 0.451. The minimum atomic E-state index is -0.0279. The van der Waals surface area contributed by atoms with E-state index in [0.717, 1.165) is 25.1 Å². The third-order valence-electron chi connectivity index (χ3n) is 4.63. The number of aliphatic imine (C=N–C) groups is 1. The highest BCUT2D eigenvalue weighted by atomic mass is 35.5. The van der Waals surface area contributed by atoms with Gasteiger partial charge in [0.2, 0.25) is 0 Å². The molecule has 1 aliphatic carbocycles. The topological polar surface area (TPSA) is 59.6 Å². The highest BCUT2D eigenvalue weighted by molar-refractivity contribution is 6.35. The summed E-state index contributed by atoms with van der Waals surface area (Å²) >= 11 is 12.2. The van der Waals surface area contributed by atoms with Crippen molar-refractivity contribution in [1.82, 2.24) is 5.32 Å². The molecule has 0 amide bonds. The highest BCUT2D eigenvalue weighted by Crippen LogP contribution is 2.44. The van der Waals surface area contributed by atoms with E-state index in [4.69, 9.17) is 33.7 Å². The summed E-state index contributed by atoms with van der Waals surface area (Å²) < 4.78 is 5.20. The van der Waals surface area contributed by atoms with Crippen LogP contribution >= 0.6 is 23.2 Å². The second kappa shape index (κ2) is 8.22. The van der Waals surface area contributed by atoms with Crippen LogP contribution < -0.4 is 11.1 Å². The summed E-state index contributed by atoms with van der Waals surface area (Å²) in [6.45, 7) is 3.53. The van der Waals surface area contributed by atoms with E-state index >= 15 is 0 Å². The van der Waals surface area contributed by atoms with Crippen LogP contribution in [0.1, 0.15) is 44.2 Å². The van der Waals surface area contributed by atoms with Crippen LogP contribution in [-0.2, 0) is 4.74 Å². The van der Waals surface area contributed by atoms with Gasteiger partial charge in [-0.05, 0) is 49.3 Å². The first-order chi connectivity index (χ1) is 11.0. The number of methoxy groups -OCH3 is 1. The van der Waals surface area contributed by atoms with Gasteiger partial charge in [-0.25, -0.2) is 0 Å². The van der Waals surface area contributed by atoms with E-state index in [9.17, 15) is 0 Å². The Labute approximate surface area is 148 Å². The Balaban J connectivity index is 1.93. The maximum absolute atomic E-state index is 6.23. The number of hydrogen-bond donors (Lipinski definition) is 2. The zero-order valence-corrected chi connectivity index (χ0v) is 15.3. The summed E-state index contributed by atoms with van der Waals surface area (Å²) in [6, 6.07) is 5.43. The number of benzene rings is 1. The molecule has 2 rings (SSSR count). The van der Waals surface area contributed by atoms with Crippen molar-refractivity contribution in [2.45, 2.75) is 38.6 Å². The Morgan fingerprint density at radius 1 is 1.43 bits per heavy atom. The largest absolute Gasteiger partial charge is 0.385 e. The zero-order chi connectivity index (χ0) is 16.9. The van der Waals surface area contributed by atoms with Crippen molar-refractivity contribution >= 4 is 29.2 Å². The van der Waals surface area contributed by atoms with E-state index < -0.39 is 0 Å². The zero-order valence-electron chi connectivity index (χ0n) is 13.7. The van der Waals surface area contributed by atoms with Crippen LogP contribution in [0.25, 0.3) is 0 Å². The monoisotopic (exact) mass is 357 g/mol. The van der Waals surface area contributed by atoms with Crippen LogP contribution in [0.5, 0.6) is 0 Å². The summed E-state index contributed by atoms with van der Waals surface area (Å²) in [7, 11) is 1.74. The molecule has 1 aromatic carbocycles. The van der Waals surface area contributed by atoms with Crippen LogP contribution in [0.4, 0.5) is 0 Å². The van der Waals surface area contributed by atoms with Crippen molar-refractivity contribution < 1.29 is 4.74 Å². The molecule has 0 spiro atoms. The molecule has 0 aliphatic heterocycles. The fourth-order valence-corrected chi connectivity index (χ4v) is 3.51. The Kier molecular flexibility index (Phi) is 6.57. The molecule has 6 heteroatoms. The average molecular weight is 358 g/mol. The van der Waals surface area contributed by atoms with Gasteiger partial charge < -0.3 is 15.8 Å². The number of rotatable bonds is 7. The molecule has 1 aromatic rings. The maximum Gasteiger partial charge on any atom is 0.189 e. The molecule has 1 fully saturated rings. The lowest BCUT2D eigenvalue weighted by Gasteiger charge is -2.40. The van der Waals surface area contributed by atoms with Gasteiger partial charge in [-0.15, -0.1) is 0 Å². The van der Waals surface area contributed by atoms with Gasteiger partial charge in [-0.3, -0.25) is 4.99 Å². The number of nitrogens with two attached hydrogens (primary N) is 1. The smallest absolute Gasteiger partial charge is 0.189 e. The van der Waals surface area contributed by atoms with Gasteiger partial charge in [-0.1, -0.05) is 35.7 Å². The van der Waals surface area contributed by atoms with Gasteiger partial charge in [0, 0.05) is 30.3 Å². The average Bonchev–Trinajstić information content (AvgIpc) is 2.45. The minimum Gasteiger partial charge on any atom is -0.385 e. The third kappa shape index (κ3) is 5.00. The van der Waals surface area contributed by atoms with E-state index in [0.29, 0.717) is 16.0 Å². The van der Waals surface area contributed by atoms with Crippen molar-refractivity contribution in [3.63, 3.8) is 0 Å². The molecule has 1 atom stereocenters. The van der Waals surface area contributed by atoms with Gasteiger partial charge in [0.25, 0.3) is 0 Å². The highest BCUT2D eigenvalue weighted by Gasteiger charge is 2.36. The van der Waals surface area contributed by atoms with E-state index in [1.807, 2.05) is 19.1 Å². The Hall–Kier alpha value is -0.970. The molecular weight excluding hydrogens is 333 g/mol. The Morgan fingerprint density at radius 2 is 2.17 bits per heavy atom. The number of halogens is 2. The fraction of sp³-hybridized carbons (Fsp3) is 0.588. The maximum atomic E-state index is 6.23. The molecule has 0 bridgehead atoms. The molecule has 128 valence electrons. The van der Waals surface area contributed by atoms with Crippen LogP contribution in [0.3, 0.4) is 0 Å². The standard InChI is InChI=1S/C17H25Cl2N3O/c1-12(14-5-4-13(18)10-15(14)19)22-16(20)21-11-17(6-3-7-17)8-9-23-2/h4-5,10,12H,3,6-9,11H2,1-2H3,(H3,20,21,22). The molecule has 0 aromatic heterocycles. The first-order valence-electron chi connectivity index (χ1n) is 7.96. The van der Waals surface area contributed by atoms with Gasteiger partial charge >= 0.3 is 0 Å².